The molecular weight excluding hydrogens is 364 g/mol. The third-order valence-corrected chi connectivity index (χ3v) is 4.91. The average Bonchev–Trinajstić information content (AvgIpc) is 3.13. The van der Waals surface area contributed by atoms with Crippen LogP contribution in [0.2, 0.25) is 0 Å². The van der Waals surface area contributed by atoms with Crippen LogP contribution in [0.5, 0.6) is 5.75 Å². The molecule has 2 rings (SSSR count). The molecule has 0 bridgehead atoms. The number of aromatic nitrogens is 2. The van der Waals surface area contributed by atoms with E-state index in [-0.39, 0.29) is 11.8 Å². The van der Waals surface area contributed by atoms with E-state index in [0.29, 0.717) is 16.6 Å². The van der Waals surface area contributed by atoms with Gasteiger partial charge in [0, 0.05) is 12.0 Å². The summed E-state index contributed by atoms with van der Waals surface area (Å²) in [5.41, 5.74) is 0.891. The minimum absolute atomic E-state index is 0.107. The van der Waals surface area contributed by atoms with Gasteiger partial charge in [-0.2, -0.15) is 0 Å². The maximum atomic E-state index is 12.3. The van der Waals surface area contributed by atoms with E-state index < -0.39 is 6.04 Å². The molecule has 0 saturated heterocycles. The highest BCUT2D eigenvalue weighted by molar-refractivity contribution is 7.18. The number of carbonyl (C=O) groups excluding carboxylic acids is 2. The summed E-state index contributed by atoms with van der Waals surface area (Å²) in [7, 11) is 1.61. The Bertz CT molecular complexity index is 746. The van der Waals surface area contributed by atoms with Crippen LogP contribution >= 0.6 is 11.3 Å². The summed E-state index contributed by atoms with van der Waals surface area (Å²) in [5.74, 6) is 0.343. The molecule has 8 heteroatoms. The van der Waals surface area contributed by atoms with E-state index in [2.05, 4.69) is 27.8 Å². The SMILES string of the molecule is CCCCCCC(=O)NC(C)C(=O)Nc1nnc(-c2ccc(OC)cc2)s1. The number of hydrogen-bond acceptors (Lipinski definition) is 6. The molecular formula is C19H26N4O3S. The Morgan fingerprint density at radius 3 is 2.56 bits per heavy atom. The van der Waals surface area contributed by atoms with E-state index in [1.165, 1.54) is 11.3 Å². The molecule has 0 saturated carbocycles. The van der Waals surface area contributed by atoms with Crippen molar-refractivity contribution >= 4 is 28.3 Å². The van der Waals surface area contributed by atoms with Crippen LogP contribution in [-0.4, -0.2) is 35.2 Å². The number of hydrogen-bond donors (Lipinski definition) is 2. The quantitative estimate of drug-likeness (QED) is 0.604. The number of rotatable bonds is 10. The predicted octanol–water partition coefficient (Wildman–Crippen LogP) is 3.63. The van der Waals surface area contributed by atoms with Crippen molar-refractivity contribution in [1.29, 1.82) is 0 Å². The zero-order valence-corrected chi connectivity index (χ0v) is 16.8. The van der Waals surface area contributed by atoms with Crippen LogP contribution in [0, 0.1) is 0 Å². The molecule has 0 aliphatic carbocycles. The van der Waals surface area contributed by atoms with Gasteiger partial charge >= 0.3 is 0 Å². The van der Waals surface area contributed by atoms with Crippen LogP contribution in [0.4, 0.5) is 5.13 Å². The van der Waals surface area contributed by atoms with Crippen molar-refractivity contribution in [3.63, 3.8) is 0 Å². The largest absolute Gasteiger partial charge is 0.497 e. The van der Waals surface area contributed by atoms with Gasteiger partial charge in [-0.3, -0.25) is 14.9 Å². The maximum Gasteiger partial charge on any atom is 0.248 e. The summed E-state index contributed by atoms with van der Waals surface area (Å²) in [4.78, 5) is 24.1. The smallest absolute Gasteiger partial charge is 0.248 e. The number of ether oxygens (including phenoxy) is 1. The van der Waals surface area contributed by atoms with Crippen LogP contribution in [0.3, 0.4) is 0 Å². The summed E-state index contributed by atoms with van der Waals surface area (Å²) in [6.07, 6.45) is 4.56. The number of carbonyl (C=O) groups is 2. The van der Waals surface area contributed by atoms with Gasteiger partial charge in [-0.15, -0.1) is 10.2 Å². The second kappa shape index (κ2) is 10.6. The van der Waals surface area contributed by atoms with Gasteiger partial charge in [0.25, 0.3) is 0 Å². The van der Waals surface area contributed by atoms with Gasteiger partial charge in [-0.05, 0) is 37.6 Å². The van der Waals surface area contributed by atoms with Crippen molar-refractivity contribution in [2.45, 2.75) is 52.0 Å². The molecule has 0 aliphatic heterocycles. The van der Waals surface area contributed by atoms with Crippen molar-refractivity contribution in [2.75, 3.05) is 12.4 Å². The predicted molar refractivity (Wildman–Crippen MR) is 107 cm³/mol. The Hall–Kier alpha value is -2.48. The second-order valence-corrected chi connectivity index (χ2v) is 7.21. The molecule has 1 aromatic carbocycles. The Kier molecular flexibility index (Phi) is 8.19. The lowest BCUT2D eigenvalue weighted by molar-refractivity contribution is -0.126. The normalized spacial score (nSPS) is 11.7. The Labute approximate surface area is 163 Å². The van der Waals surface area contributed by atoms with Gasteiger partial charge in [-0.1, -0.05) is 37.5 Å². The average molecular weight is 391 g/mol. The van der Waals surface area contributed by atoms with Crippen molar-refractivity contribution in [3.8, 4) is 16.3 Å². The van der Waals surface area contributed by atoms with Crippen LogP contribution in [0.15, 0.2) is 24.3 Å². The fourth-order valence-electron chi connectivity index (χ4n) is 2.43. The van der Waals surface area contributed by atoms with Crippen molar-refractivity contribution in [1.82, 2.24) is 15.5 Å². The molecule has 0 radical (unpaired) electrons. The molecule has 1 heterocycles. The van der Waals surface area contributed by atoms with E-state index in [4.69, 9.17) is 4.74 Å². The van der Waals surface area contributed by atoms with Crippen LogP contribution in [0.25, 0.3) is 10.6 Å². The molecule has 0 spiro atoms. The van der Waals surface area contributed by atoms with Gasteiger partial charge < -0.3 is 10.1 Å². The number of amides is 2. The van der Waals surface area contributed by atoms with E-state index >= 15 is 0 Å². The summed E-state index contributed by atoms with van der Waals surface area (Å²) in [6, 6.07) is 6.82. The highest BCUT2D eigenvalue weighted by Crippen LogP contribution is 2.27. The summed E-state index contributed by atoms with van der Waals surface area (Å²) in [6.45, 7) is 3.78. The molecule has 2 amide bonds. The summed E-state index contributed by atoms with van der Waals surface area (Å²) >= 11 is 1.28. The van der Waals surface area contributed by atoms with Gasteiger partial charge in [0.1, 0.15) is 16.8 Å². The summed E-state index contributed by atoms with van der Waals surface area (Å²) < 4.78 is 5.13. The van der Waals surface area contributed by atoms with Gasteiger partial charge in [-0.25, -0.2) is 0 Å². The first-order chi connectivity index (χ1) is 13.0. The highest BCUT2D eigenvalue weighted by Gasteiger charge is 2.17. The maximum absolute atomic E-state index is 12.3. The number of unbranched alkanes of at least 4 members (excludes halogenated alkanes) is 3. The van der Waals surface area contributed by atoms with Crippen LogP contribution < -0.4 is 15.4 Å². The number of benzene rings is 1. The number of nitrogens with one attached hydrogen (secondary N) is 2. The third-order valence-electron chi connectivity index (χ3n) is 4.02. The molecule has 0 aliphatic rings. The molecule has 146 valence electrons. The Morgan fingerprint density at radius 1 is 1.15 bits per heavy atom. The van der Waals surface area contributed by atoms with Crippen molar-refractivity contribution < 1.29 is 14.3 Å². The van der Waals surface area contributed by atoms with Gasteiger partial charge in [0.05, 0.1) is 7.11 Å². The molecule has 2 N–H and O–H groups in total. The van der Waals surface area contributed by atoms with Crippen LogP contribution in [-0.2, 0) is 9.59 Å². The van der Waals surface area contributed by atoms with Gasteiger partial charge in [0.2, 0.25) is 16.9 Å². The third kappa shape index (κ3) is 6.63. The minimum Gasteiger partial charge on any atom is -0.497 e. The topological polar surface area (TPSA) is 93.2 Å². The van der Waals surface area contributed by atoms with E-state index in [1.807, 2.05) is 24.3 Å². The first kappa shape index (κ1) is 20.8. The Morgan fingerprint density at radius 2 is 1.89 bits per heavy atom. The monoisotopic (exact) mass is 390 g/mol. The fourth-order valence-corrected chi connectivity index (χ4v) is 3.18. The van der Waals surface area contributed by atoms with E-state index in [1.54, 1.807) is 14.0 Å². The van der Waals surface area contributed by atoms with Crippen LogP contribution in [0.1, 0.15) is 46.0 Å². The molecule has 2 aromatic rings. The molecule has 1 aromatic heterocycles. The van der Waals surface area contributed by atoms with Gasteiger partial charge in [0.15, 0.2) is 0 Å². The number of anilines is 1. The molecule has 0 fully saturated rings. The van der Waals surface area contributed by atoms with E-state index in [9.17, 15) is 9.59 Å². The number of nitrogens with zero attached hydrogens (tertiary/aromatic N) is 2. The first-order valence-corrected chi connectivity index (χ1v) is 9.93. The first-order valence-electron chi connectivity index (χ1n) is 9.11. The standard InChI is InChI=1S/C19H26N4O3S/c1-4-5-6-7-8-16(24)20-13(2)17(25)21-19-23-22-18(27-19)14-9-11-15(26-3)12-10-14/h9-13H,4-8H2,1-3H3,(H,20,24)(H,21,23,25). The molecule has 1 atom stereocenters. The zero-order valence-electron chi connectivity index (χ0n) is 15.9. The Balaban J connectivity index is 1.84. The highest BCUT2D eigenvalue weighted by atomic mass is 32.1. The zero-order chi connectivity index (χ0) is 19.6. The van der Waals surface area contributed by atoms with Crippen molar-refractivity contribution in [3.05, 3.63) is 24.3 Å². The molecule has 7 nitrogen and oxygen atoms in total. The lowest BCUT2D eigenvalue weighted by atomic mass is 10.1. The molecule has 27 heavy (non-hydrogen) atoms. The summed E-state index contributed by atoms with van der Waals surface area (Å²) in [5, 5.41) is 14.6. The second-order valence-electron chi connectivity index (χ2n) is 6.23. The minimum atomic E-state index is -0.628. The van der Waals surface area contributed by atoms with E-state index in [0.717, 1.165) is 37.0 Å². The lowest BCUT2D eigenvalue weighted by Crippen LogP contribution is -2.41. The molecule has 1 unspecified atom stereocenters. The van der Waals surface area contributed by atoms with Crippen molar-refractivity contribution in [2.24, 2.45) is 0 Å². The number of methoxy groups -OCH3 is 1. The fraction of sp³-hybridized carbons (Fsp3) is 0.474. The lowest BCUT2D eigenvalue weighted by Gasteiger charge is -2.12.